The maximum atomic E-state index is 12.6. The Hall–Kier alpha value is -2.31. The van der Waals surface area contributed by atoms with Crippen LogP contribution in [-0.4, -0.2) is 8.42 Å². The average Bonchev–Trinajstić information content (AvgIpc) is 2.63. The van der Waals surface area contributed by atoms with Gasteiger partial charge in [0.25, 0.3) is 0 Å². The molecule has 6 heteroatoms. The summed E-state index contributed by atoms with van der Waals surface area (Å²) in [4.78, 5) is 0.133. The predicted molar refractivity (Wildman–Crippen MR) is 112 cm³/mol. The topological polar surface area (TPSA) is 55.4 Å². The van der Waals surface area contributed by atoms with E-state index in [1.165, 1.54) is 5.56 Å². The molecule has 4 nitrogen and oxygen atoms in total. The van der Waals surface area contributed by atoms with Gasteiger partial charge in [0.15, 0.2) is 0 Å². The highest BCUT2D eigenvalue weighted by atomic mass is 79.9. The molecular formula is C21H20BrNO3S. The molecule has 0 saturated heterocycles. The summed E-state index contributed by atoms with van der Waals surface area (Å²) in [5.74, 6) is 0.304. The van der Waals surface area contributed by atoms with E-state index in [2.05, 4.69) is 21.2 Å². The van der Waals surface area contributed by atoms with Gasteiger partial charge in [0, 0.05) is 22.3 Å². The lowest BCUT2D eigenvalue weighted by atomic mass is 10.2. The van der Waals surface area contributed by atoms with Crippen LogP contribution >= 0.6 is 15.9 Å². The van der Waals surface area contributed by atoms with E-state index in [0.717, 1.165) is 21.3 Å². The lowest BCUT2D eigenvalue weighted by Gasteiger charge is -2.14. The Kier molecular flexibility index (Phi) is 5.87. The molecule has 0 fully saturated rings. The molecule has 0 spiro atoms. The SMILES string of the molecule is Cc1ccc(NCc2cc(Br)ccc2OS(=O)(=O)c2ccc(C)cc2)cc1. The molecule has 0 aliphatic heterocycles. The molecule has 3 aromatic carbocycles. The lowest BCUT2D eigenvalue weighted by Crippen LogP contribution is -2.12. The van der Waals surface area contributed by atoms with Gasteiger partial charge in [0.1, 0.15) is 10.6 Å². The van der Waals surface area contributed by atoms with Crippen LogP contribution in [0, 0.1) is 13.8 Å². The fourth-order valence-electron chi connectivity index (χ4n) is 2.51. The molecule has 0 radical (unpaired) electrons. The second-order valence-corrected chi connectivity index (χ2v) is 8.78. The van der Waals surface area contributed by atoms with Crippen LogP contribution in [0.25, 0.3) is 0 Å². The number of anilines is 1. The third kappa shape index (κ3) is 5.11. The van der Waals surface area contributed by atoms with Crippen LogP contribution in [0.5, 0.6) is 5.75 Å². The molecule has 3 rings (SSSR count). The largest absolute Gasteiger partial charge is 0.381 e. The lowest BCUT2D eigenvalue weighted by molar-refractivity contribution is 0.483. The van der Waals surface area contributed by atoms with Crippen molar-refractivity contribution in [3.8, 4) is 5.75 Å². The van der Waals surface area contributed by atoms with Crippen LogP contribution in [0.2, 0.25) is 0 Å². The molecule has 0 aliphatic carbocycles. The Morgan fingerprint density at radius 1 is 0.889 bits per heavy atom. The maximum absolute atomic E-state index is 12.6. The van der Waals surface area contributed by atoms with Crippen molar-refractivity contribution in [1.29, 1.82) is 0 Å². The van der Waals surface area contributed by atoms with Gasteiger partial charge in [-0.1, -0.05) is 51.3 Å². The first-order chi connectivity index (χ1) is 12.8. The van der Waals surface area contributed by atoms with Crippen LogP contribution in [0.3, 0.4) is 0 Å². The minimum atomic E-state index is -3.90. The summed E-state index contributed by atoms with van der Waals surface area (Å²) in [6.45, 7) is 4.36. The maximum Gasteiger partial charge on any atom is 0.339 e. The third-order valence-electron chi connectivity index (χ3n) is 4.07. The number of hydrogen-bond acceptors (Lipinski definition) is 4. The average molecular weight is 446 g/mol. The minimum Gasteiger partial charge on any atom is -0.381 e. The second-order valence-electron chi connectivity index (χ2n) is 6.32. The van der Waals surface area contributed by atoms with Gasteiger partial charge < -0.3 is 9.50 Å². The van der Waals surface area contributed by atoms with Crippen LogP contribution in [-0.2, 0) is 16.7 Å². The van der Waals surface area contributed by atoms with Crippen molar-refractivity contribution in [2.24, 2.45) is 0 Å². The first kappa shape index (κ1) is 19.5. The van der Waals surface area contributed by atoms with E-state index in [0.29, 0.717) is 12.3 Å². The smallest absolute Gasteiger partial charge is 0.339 e. The summed E-state index contributed by atoms with van der Waals surface area (Å²) in [6.07, 6.45) is 0. The minimum absolute atomic E-state index is 0.133. The second kappa shape index (κ2) is 8.15. The van der Waals surface area contributed by atoms with Gasteiger partial charge in [0.2, 0.25) is 0 Å². The predicted octanol–water partition coefficient (Wildman–Crippen LogP) is 5.45. The number of nitrogens with one attached hydrogen (secondary N) is 1. The highest BCUT2D eigenvalue weighted by molar-refractivity contribution is 9.10. The molecule has 0 amide bonds. The molecule has 0 bridgehead atoms. The Bertz CT molecular complexity index is 1030. The summed E-state index contributed by atoms with van der Waals surface area (Å²) in [7, 11) is -3.90. The Balaban J connectivity index is 1.83. The normalized spacial score (nSPS) is 11.2. The van der Waals surface area contributed by atoms with E-state index < -0.39 is 10.1 Å². The van der Waals surface area contributed by atoms with Gasteiger partial charge in [-0.2, -0.15) is 8.42 Å². The van der Waals surface area contributed by atoms with Gasteiger partial charge >= 0.3 is 10.1 Å². The Morgan fingerprint density at radius 3 is 2.11 bits per heavy atom. The Labute approximate surface area is 168 Å². The molecular weight excluding hydrogens is 426 g/mol. The first-order valence-corrected chi connectivity index (χ1v) is 10.6. The number of rotatable bonds is 6. The summed E-state index contributed by atoms with van der Waals surface area (Å²) in [5.41, 5.74) is 3.85. The fraction of sp³-hybridized carbons (Fsp3) is 0.143. The summed E-state index contributed by atoms with van der Waals surface area (Å²) < 4.78 is 31.5. The van der Waals surface area contributed by atoms with Crippen molar-refractivity contribution in [2.75, 3.05) is 5.32 Å². The number of benzene rings is 3. The number of halogens is 1. The zero-order valence-electron chi connectivity index (χ0n) is 15.1. The van der Waals surface area contributed by atoms with E-state index in [-0.39, 0.29) is 4.90 Å². The molecule has 140 valence electrons. The van der Waals surface area contributed by atoms with E-state index in [4.69, 9.17) is 4.18 Å². The quantitative estimate of drug-likeness (QED) is 0.512. The van der Waals surface area contributed by atoms with E-state index in [1.54, 1.807) is 36.4 Å². The highest BCUT2D eigenvalue weighted by Gasteiger charge is 2.18. The Morgan fingerprint density at radius 2 is 1.48 bits per heavy atom. The van der Waals surface area contributed by atoms with Crippen molar-refractivity contribution in [2.45, 2.75) is 25.3 Å². The summed E-state index contributed by atoms with van der Waals surface area (Å²) >= 11 is 3.43. The van der Waals surface area contributed by atoms with E-state index in [9.17, 15) is 8.42 Å². The third-order valence-corrected chi connectivity index (χ3v) is 5.81. The molecule has 27 heavy (non-hydrogen) atoms. The summed E-state index contributed by atoms with van der Waals surface area (Å²) in [5, 5.41) is 3.29. The van der Waals surface area contributed by atoms with Crippen LogP contribution in [0.1, 0.15) is 16.7 Å². The van der Waals surface area contributed by atoms with Crippen LogP contribution in [0.15, 0.2) is 76.1 Å². The fourth-order valence-corrected chi connectivity index (χ4v) is 3.88. The molecule has 0 aliphatic rings. The van der Waals surface area contributed by atoms with Crippen molar-refractivity contribution >= 4 is 31.7 Å². The van der Waals surface area contributed by atoms with E-state index >= 15 is 0 Å². The zero-order chi connectivity index (χ0) is 19.4. The first-order valence-electron chi connectivity index (χ1n) is 8.44. The van der Waals surface area contributed by atoms with Crippen molar-refractivity contribution < 1.29 is 12.6 Å². The molecule has 0 aromatic heterocycles. The summed E-state index contributed by atoms with van der Waals surface area (Å²) in [6, 6.07) is 19.9. The van der Waals surface area contributed by atoms with Crippen molar-refractivity contribution in [3.05, 3.63) is 87.9 Å². The van der Waals surface area contributed by atoms with Crippen LogP contribution in [0.4, 0.5) is 5.69 Å². The van der Waals surface area contributed by atoms with Crippen molar-refractivity contribution in [3.63, 3.8) is 0 Å². The van der Waals surface area contributed by atoms with Gasteiger partial charge in [0.05, 0.1) is 0 Å². The zero-order valence-corrected chi connectivity index (χ0v) is 17.5. The van der Waals surface area contributed by atoms with Gasteiger partial charge in [-0.05, 0) is 56.3 Å². The molecule has 1 N–H and O–H groups in total. The standard InChI is InChI=1S/C21H20BrNO3S/c1-15-3-8-19(9-4-15)23-14-17-13-18(22)7-12-21(17)26-27(24,25)20-10-5-16(2)6-11-20/h3-13,23H,14H2,1-2H3. The molecule has 0 unspecified atom stereocenters. The molecule has 3 aromatic rings. The molecule has 0 atom stereocenters. The highest BCUT2D eigenvalue weighted by Crippen LogP contribution is 2.27. The monoisotopic (exact) mass is 445 g/mol. The van der Waals surface area contributed by atoms with Gasteiger partial charge in [-0.3, -0.25) is 0 Å². The number of aryl methyl sites for hydroxylation is 2. The van der Waals surface area contributed by atoms with Crippen molar-refractivity contribution in [1.82, 2.24) is 0 Å². The van der Waals surface area contributed by atoms with E-state index in [1.807, 2.05) is 44.2 Å². The number of hydrogen-bond donors (Lipinski definition) is 1. The molecule has 0 saturated carbocycles. The van der Waals surface area contributed by atoms with Crippen LogP contribution < -0.4 is 9.50 Å². The van der Waals surface area contributed by atoms with Gasteiger partial charge in [-0.25, -0.2) is 0 Å². The van der Waals surface area contributed by atoms with Gasteiger partial charge in [-0.15, -0.1) is 0 Å². The molecule has 0 heterocycles.